The van der Waals surface area contributed by atoms with Crippen molar-refractivity contribution in [3.63, 3.8) is 0 Å². The van der Waals surface area contributed by atoms with E-state index in [0.29, 0.717) is 0 Å². The first-order valence-corrected chi connectivity index (χ1v) is 20.6. The van der Waals surface area contributed by atoms with E-state index in [2.05, 4.69) is 211 Å². The highest BCUT2D eigenvalue weighted by atomic mass is 28.3. The number of aryl methyl sites for hydroxylation is 1. The van der Waals surface area contributed by atoms with Crippen LogP contribution in [0.15, 0.2) is 194 Å². The van der Waals surface area contributed by atoms with Crippen LogP contribution in [0.4, 0.5) is 34.1 Å². The van der Waals surface area contributed by atoms with Gasteiger partial charge in [-0.1, -0.05) is 152 Å². The van der Waals surface area contributed by atoms with Crippen molar-refractivity contribution in [1.29, 1.82) is 0 Å². The Bertz CT molecular complexity index is 2670. The fourth-order valence-corrected chi connectivity index (χ4v) is 15.0. The summed E-state index contributed by atoms with van der Waals surface area (Å²) in [5.41, 5.74) is 15.4. The molecule has 0 saturated carbocycles. The van der Waals surface area contributed by atoms with Crippen molar-refractivity contribution >= 4 is 86.0 Å². The third kappa shape index (κ3) is 4.16. The first-order chi connectivity index (χ1) is 26.2. The molecule has 0 atom stereocenters. The Morgan fingerprint density at radius 3 is 1.64 bits per heavy atom. The molecule has 0 bridgehead atoms. The second kappa shape index (κ2) is 11.6. The number of hydrogen-bond acceptors (Lipinski definition) is 2. The van der Waals surface area contributed by atoms with E-state index < -0.39 is 8.07 Å². The van der Waals surface area contributed by atoms with E-state index >= 15 is 0 Å². The van der Waals surface area contributed by atoms with Gasteiger partial charge in [0.25, 0.3) is 6.71 Å². The van der Waals surface area contributed by atoms with Crippen molar-refractivity contribution in [3.8, 4) is 11.1 Å². The van der Waals surface area contributed by atoms with Crippen LogP contribution in [-0.2, 0) is 0 Å². The van der Waals surface area contributed by atoms with E-state index in [1.54, 1.807) is 0 Å². The maximum absolute atomic E-state index is 2.67. The predicted octanol–water partition coefficient (Wildman–Crippen LogP) is 7.44. The topological polar surface area (TPSA) is 6.48 Å². The molecule has 2 nitrogen and oxygen atoms in total. The fraction of sp³-hybridized carbons (Fsp3) is 0.0204. The van der Waals surface area contributed by atoms with Crippen LogP contribution in [0, 0.1) is 6.92 Å². The number of anilines is 6. The molecular weight excluding hydrogens is 655 g/mol. The van der Waals surface area contributed by atoms with Crippen LogP contribution < -0.4 is 46.9 Å². The summed E-state index contributed by atoms with van der Waals surface area (Å²) in [7, 11) is -2.67. The van der Waals surface area contributed by atoms with Gasteiger partial charge in [-0.2, -0.15) is 0 Å². The number of benzene rings is 8. The summed E-state index contributed by atoms with van der Waals surface area (Å²) in [5, 5.41) is 5.74. The Labute approximate surface area is 312 Å². The van der Waals surface area contributed by atoms with Gasteiger partial charge in [0.2, 0.25) is 0 Å². The van der Waals surface area contributed by atoms with Crippen molar-refractivity contribution in [2.75, 3.05) is 9.80 Å². The van der Waals surface area contributed by atoms with Crippen LogP contribution >= 0.6 is 0 Å². The molecule has 248 valence electrons. The second-order valence-corrected chi connectivity index (χ2v) is 18.2. The Morgan fingerprint density at radius 1 is 0.415 bits per heavy atom. The Morgan fingerprint density at radius 2 is 0.962 bits per heavy atom. The number of hydrogen-bond donors (Lipinski definition) is 0. The van der Waals surface area contributed by atoms with Crippen molar-refractivity contribution in [1.82, 2.24) is 0 Å². The quantitative estimate of drug-likeness (QED) is 0.177. The van der Waals surface area contributed by atoms with E-state index in [0.717, 1.165) is 0 Å². The van der Waals surface area contributed by atoms with Gasteiger partial charge >= 0.3 is 0 Å². The van der Waals surface area contributed by atoms with Crippen molar-refractivity contribution in [3.05, 3.63) is 200 Å². The lowest BCUT2D eigenvalue weighted by Gasteiger charge is -2.45. The van der Waals surface area contributed by atoms with Gasteiger partial charge in [-0.3, -0.25) is 0 Å². The van der Waals surface area contributed by atoms with Gasteiger partial charge in [0.1, 0.15) is 0 Å². The molecular formula is C49H35BN2Si. The highest BCUT2D eigenvalue weighted by Gasteiger charge is 2.49. The van der Waals surface area contributed by atoms with Gasteiger partial charge in [0.15, 0.2) is 8.07 Å². The molecule has 3 heterocycles. The predicted molar refractivity (Wildman–Crippen MR) is 228 cm³/mol. The molecule has 8 aromatic rings. The molecule has 0 fully saturated rings. The molecule has 8 aromatic carbocycles. The van der Waals surface area contributed by atoms with Crippen LogP contribution in [0.25, 0.3) is 11.1 Å². The molecule has 3 aliphatic rings. The lowest BCUT2D eigenvalue weighted by atomic mass is 9.33. The molecule has 0 N–H and O–H groups in total. The van der Waals surface area contributed by atoms with Crippen LogP contribution in [0.1, 0.15) is 5.56 Å². The zero-order valence-electron chi connectivity index (χ0n) is 29.4. The van der Waals surface area contributed by atoms with Gasteiger partial charge in [-0.05, 0) is 103 Å². The minimum absolute atomic E-state index is 0.115. The van der Waals surface area contributed by atoms with Gasteiger partial charge in [0, 0.05) is 34.1 Å². The van der Waals surface area contributed by atoms with Gasteiger partial charge < -0.3 is 9.80 Å². The monoisotopic (exact) mass is 690 g/mol. The minimum atomic E-state index is -2.67. The molecule has 0 radical (unpaired) electrons. The Balaban J connectivity index is 1.21. The number of fused-ring (bicyclic) bond motifs is 7. The first kappa shape index (κ1) is 30.3. The molecule has 0 aliphatic carbocycles. The Kier molecular flexibility index (Phi) is 6.61. The normalized spacial score (nSPS) is 14.2. The van der Waals surface area contributed by atoms with Crippen molar-refractivity contribution in [2.24, 2.45) is 0 Å². The largest absolute Gasteiger partial charge is 0.311 e. The van der Waals surface area contributed by atoms with Crippen LogP contribution in [-0.4, -0.2) is 14.8 Å². The van der Waals surface area contributed by atoms with Gasteiger partial charge in [-0.15, -0.1) is 0 Å². The molecule has 0 spiro atoms. The van der Waals surface area contributed by atoms with Crippen molar-refractivity contribution in [2.45, 2.75) is 6.92 Å². The summed E-state index contributed by atoms with van der Waals surface area (Å²) >= 11 is 0. The number of para-hydroxylation sites is 3. The van der Waals surface area contributed by atoms with E-state index in [1.165, 1.54) is 87.9 Å². The third-order valence-electron chi connectivity index (χ3n) is 11.8. The van der Waals surface area contributed by atoms with E-state index in [-0.39, 0.29) is 6.71 Å². The maximum atomic E-state index is 2.56. The fourth-order valence-electron chi connectivity index (χ4n) is 9.78. The average Bonchev–Trinajstić information content (AvgIpc) is 3.53. The van der Waals surface area contributed by atoms with Crippen molar-refractivity contribution < 1.29 is 0 Å². The minimum Gasteiger partial charge on any atom is -0.311 e. The molecule has 0 saturated heterocycles. The molecule has 4 heteroatoms. The van der Waals surface area contributed by atoms with Gasteiger partial charge in [0.05, 0.1) is 0 Å². The average molecular weight is 691 g/mol. The van der Waals surface area contributed by atoms with E-state index in [1.807, 2.05) is 0 Å². The number of rotatable bonds is 4. The summed E-state index contributed by atoms with van der Waals surface area (Å²) in [6.07, 6.45) is 0. The smallest absolute Gasteiger partial charge is 0.252 e. The SMILES string of the molecule is Cc1ccc2c3c1N(c1ccccc1)c1ccccc1B3c1ccccc1N2c1ccc2c(c1)[Si](c1ccccc1)(c1ccccc1)c1ccccc1-2. The Hall–Kier alpha value is -6.36. The molecule has 0 amide bonds. The maximum Gasteiger partial charge on any atom is 0.252 e. The summed E-state index contributed by atoms with van der Waals surface area (Å²) in [6.45, 7) is 2.39. The summed E-state index contributed by atoms with van der Waals surface area (Å²) in [4.78, 5) is 5.05. The van der Waals surface area contributed by atoms with Gasteiger partial charge in [-0.25, -0.2) is 0 Å². The first-order valence-electron chi connectivity index (χ1n) is 18.6. The zero-order valence-corrected chi connectivity index (χ0v) is 30.4. The summed E-state index contributed by atoms with van der Waals surface area (Å²) in [6, 6.07) is 72.8. The lowest BCUT2D eigenvalue weighted by molar-refractivity contribution is 1.23. The van der Waals surface area contributed by atoms with Crippen LogP contribution in [0.2, 0.25) is 0 Å². The van der Waals surface area contributed by atoms with Crippen LogP contribution in [0.3, 0.4) is 0 Å². The molecule has 0 unspecified atom stereocenters. The van der Waals surface area contributed by atoms with Crippen LogP contribution in [0.5, 0.6) is 0 Å². The molecule has 11 rings (SSSR count). The molecule has 3 aliphatic heterocycles. The third-order valence-corrected chi connectivity index (χ3v) is 16.7. The standard InChI is InChI=1S/C49H35BN2Si/c1-34-29-32-45-48-49(34)52(35-17-5-2-6-18-35)44-27-15-13-25-42(44)50(48)41-24-12-14-26-43(41)51(45)36-30-31-40-39-23-11-16-28-46(39)53(47(40)33-36,37-19-7-3-8-20-37)38-21-9-4-10-22-38/h2-33H,1H3. The van der Waals surface area contributed by atoms with E-state index in [9.17, 15) is 0 Å². The molecule has 0 aromatic heterocycles. The highest BCUT2D eigenvalue weighted by molar-refractivity contribution is 7.22. The lowest BCUT2D eigenvalue weighted by Crippen LogP contribution is -2.72. The highest BCUT2D eigenvalue weighted by Crippen LogP contribution is 2.45. The summed E-state index contributed by atoms with van der Waals surface area (Å²) in [5.74, 6) is 0. The second-order valence-electron chi connectivity index (χ2n) is 14.5. The summed E-state index contributed by atoms with van der Waals surface area (Å²) < 4.78 is 0. The zero-order chi connectivity index (χ0) is 35.1. The van der Waals surface area contributed by atoms with E-state index in [4.69, 9.17) is 0 Å². The molecule has 53 heavy (non-hydrogen) atoms. The number of nitrogens with zero attached hydrogens (tertiary/aromatic N) is 2.